The van der Waals surface area contributed by atoms with Crippen LogP contribution in [0.2, 0.25) is 0 Å². The molecule has 1 amide bonds. The van der Waals surface area contributed by atoms with E-state index in [2.05, 4.69) is 5.32 Å². The minimum atomic E-state index is -1.55. The van der Waals surface area contributed by atoms with Gasteiger partial charge in [-0.25, -0.2) is 4.79 Å². The first-order chi connectivity index (χ1) is 7.77. The average Bonchev–Trinajstić information content (AvgIpc) is 2.21. The molecule has 0 aromatic heterocycles. The maximum atomic E-state index is 10.8. The molecule has 0 saturated carbocycles. The Morgan fingerprint density at radius 1 is 1.38 bits per heavy atom. The fourth-order valence-electron chi connectivity index (χ4n) is 0.658. The van der Waals surface area contributed by atoms with Crippen LogP contribution in [0, 0.1) is 0 Å². The Labute approximate surface area is 80.8 Å². The van der Waals surface area contributed by atoms with Crippen molar-refractivity contribution in [2.45, 2.75) is 6.92 Å². The summed E-state index contributed by atoms with van der Waals surface area (Å²) in [5.41, 5.74) is -1.04. The van der Waals surface area contributed by atoms with Crippen molar-refractivity contribution in [2.24, 2.45) is 0 Å². The van der Waals surface area contributed by atoms with E-state index in [1.54, 1.807) is 0 Å². The summed E-state index contributed by atoms with van der Waals surface area (Å²) in [6.07, 6.45) is 0. The van der Waals surface area contributed by atoms with Crippen molar-refractivity contribution in [3.8, 4) is 0 Å². The second-order valence-corrected chi connectivity index (χ2v) is 2.24. The highest BCUT2D eigenvalue weighted by Gasteiger charge is 2.01. The molecule has 4 heteroatoms. The van der Waals surface area contributed by atoms with Gasteiger partial charge in [-0.2, -0.15) is 0 Å². The van der Waals surface area contributed by atoms with Crippen molar-refractivity contribution in [1.29, 1.82) is 0 Å². The van der Waals surface area contributed by atoms with Crippen molar-refractivity contribution in [3.63, 3.8) is 0 Å². The normalized spacial score (nSPS) is 13.6. The molecule has 0 aliphatic heterocycles. The van der Waals surface area contributed by atoms with E-state index in [1.165, 1.54) is 0 Å². The molecule has 1 aromatic carbocycles. The first-order valence-corrected chi connectivity index (χ1v) is 3.38. The number of anilines is 1. The lowest BCUT2D eigenvalue weighted by molar-refractivity contribution is -0.114. The zero-order valence-corrected chi connectivity index (χ0v) is 6.76. The number of amides is 1. The third-order valence-corrected chi connectivity index (χ3v) is 1.14. The Kier molecular flexibility index (Phi) is 1.43. The summed E-state index contributed by atoms with van der Waals surface area (Å²) in [6, 6.07) is -2.55. The predicted molar refractivity (Wildman–Crippen MR) is 47.7 cm³/mol. The fourth-order valence-corrected chi connectivity index (χ4v) is 0.658. The van der Waals surface area contributed by atoms with Crippen molar-refractivity contribution < 1.29 is 20.2 Å². The molecule has 0 bridgehead atoms. The van der Waals surface area contributed by atoms with Gasteiger partial charge in [0.2, 0.25) is 5.91 Å². The second-order valence-electron chi connectivity index (χ2n) is 2.24. The lowest BCUT2D eigenvalue weighted by Crippen LogP contribution is -2.05. The zero-order chi connectivity index (χ0) is 13.3. The van der Waals surface area contributed by atoms with E-state index in [4.69, 9.17) is 10.6 Å². The number of hydrogen-bond donors (Lipinski definition) is 2. The van der Waals surface area contributed by atoms with Crippen molar-refractivity contribution in [1.82, 2.24) is 0 Å². The van der Waals surface area contributed by atoms with Crippen LogP contribution >= 0.6 is 0 Å². The molecule has 0 heterocycles. The van der Waals surface area contributed by atoms with Crippen LogP contribution in [0.3, 0.4) is 0 Å². The minimum Gasteiger partial charge on any atom is -0.478 e. The molecule has 1 aromatic rings. The Morgan fingerprint density at radius 3 is 2.31 bits per heavy atom. The van der Waals surface area contributed by atoms with E-state index >= 15 is 0 Å². The average molecular weight is 183 g/mol. The second kappa shape index (κ2) is 3.71. The number of benzene rings is 1. The Bertz CT molecular complexity index is 486. The molecule has 2 N–H and O–H groups in total. The number of carbonyl (C=O) groups is 2. The maximum Gasteiger partial charge on any atom is 0.335 e. The Hall–Kier alpha value is -1.84. The molecule has 0 unspecified atom stereocenters. The fraction of sp³-hybridized carbons (Fsp3) is 0.111. The molecule has 68 valence electrons. The number of carboxylic acid groups (broad SMARTS) is 1. The first kappa shape index (κ1) is 5.01. The quantitative estimate of drug-likeness (QED) is 0.727. The number of aromatic carboxylic acids is 1. The molecule has 4 nitrogen and oxygen atoms in total. The van der Waals surface area contributed by atoms with Gasteiger partial charge in [-0.1, -0.05) is 0 Å². The van der Waals surface area contributed by atoms with Crippen LogP contribution in [-0.2, 0) is 4.79 Å². The highest BCUT2D eigenvalue weighted by molar-refractivity contribution is 5.91. The van der Waals surface area contributed by atoms with Gasteiger partial charge < -0.3 is 10.4 Å². The molecular weight excluding hydrogens is 170 g/mol. The highest BCUT2D eigenvalue weighted by Crippen LogP contribution is 2.08. The van der Waals surface area contributed by atoms with E-state index in [0.29, 0.717) is 0 Å². The van der Waals surface area contributed by atoms with Gasteiger partial charge in [-0.05, 0) is 24.2 Å². The molecule has 0 spiro atoms. The number of carboxylic acids is 1. The lowest BCUT2D eigenvalue weighted by atomic mass is 10.2. The van der Waals surface area contributed by atoms with E-state index < -0.39 is 41.6 Å². The smallest absolute Gasteiger partial charge is 0.335 e. The summed E-state index contributed by atoms with van der Waals surface area (Å²) >= 11 is 0. The molecule has 0 aliphatic carbocycles. The summed E-state index contributed by atoms with van der Waals surface area (Å²) in [7, 11) is 0. The Balaban J connectivity index is 3.58. The van der Waals surface area contributed by atoms with E-state index in [9.17, 15) is 9.59 Å². The minimum absolute atomic E-state index is 0.322. The molecule has 0 fully saturated rings. The van der Waals surface area contributed by atoms with E-state index in [1.807, 2.05) is 0 Å². The molecule has 0 saturated heterocycles. The lowest BCUT2D eigenvalue weighted by Gasteiger charge is -2.01. The van der Waals surface area contributed by atoms with Gasteiger partial charge >= 0.3 is 5.97 Å². The van der Waals surface area contributed by atoms with Crippen molar-refractivity contribution >= 4 is 17.6 Å². The zero-order valence-electron chi connectivity index (χ0n) is 10.8. The molecular formula is C9H9NO3. The number of nitrogens with one attached hydrogen (secondary N) is 1. The predicted octanol–water partition coefficient (Wildman–Crippen LogP) is 1.34. The van der Waals surface area contributed by atoms with Crippen LogP contribution in [0.4, 0.5) is 5.69 Å². The van der Waals surface area contributed by atoms with Crippen molar-refractivity contribution in [2.75, 3.05) is 5.32 Å². The third kappa shape index (κ3) is 2.59. The van der Waals surface area contributed by atoms with E-state index in [0.717, 1.165) is 6.92 Å². The molecule has 0 radical (unpaired) electrons. The monoisotopic (exact) mass is 183 g/mol. The standard InChI is InChI=1S/C9H9NO3/c1-6(11)10-8-4-2-7(3-5-8)9(12)13/h2-5H,1H3,(H,10,11)(H,12,13)/i2D,3D,4D,5D. The van der Waals surface area contributed by atoms with Crippen LogP contribution < -0.4 is 5.32 Å². The van der Waals surface area contributed by atoms with E-state index in [-0.39, 0.29) is 5.69 Å². The number of carbonyl (C=O) groups excluding carboxylic acids is 1. The summed E-state index contributed by atoms with van der Waals surface area (Å²) in [6.45, 7) is 1.15. The van der Waals surface area contributed by atoms with Gasteiger partial charge in [-0.15, -0.1) is 0 Å². The van der Waals surface area contributed by atoms with Crippen LogP contribution in [0.1, 0.15) is 22.8 Å². The number of rotatable bonds is 2. The molecule has 0 aliphatic rings. The van der Waals surface area contributed by atoms with Crippen molar-refractivity contribution in [3.05, 3.63) is 29.7 Å². The summed E-state index contributed by atoms with van der Waals surface area (Å²) in [5, 5.41) is 10.9. The number of hydrogen-bond acceptors (Lipinski definition) is 2. The summed E-state index contributed by atoms with van der Waals surface area (Å²) < 4.78 is 29.8. The molecule has 0 atom stereocenters. The largest absolute Gasteiger partial charge is 0.478 e. The van der Waals surface area contributed by atoms with Crippen LogP contribution in [0.5, 0.6) is 0 Å². The molecule has 1 rings (SSSR count). The third-order valence-electron chi connectivity index (χ3n) is 1.14. The maximum absolute atomic E-state index is 10.8. The van der Waals surface area contributed by atoms with Gasteiger partial charge in [0.25, 0.3) is 0 Å². The van der Waals surface area contributed by atoms with Crippen LogP contribution in [-0.4, -0.2) is 17.0 Å². The van der Waals surface area contributed by atoms with Gasteiger partial charge in [0.1, 0.15) is 0 Å². The van der Waals surface area contributed by atoms with Crippen LogP contribution in [0.25, 0.3) is 0 Å². The van der Waals surface area contributed by atoms with Gasteiger partial charge in [0.05, 0.1) is 11.0 Å². The molecule has 13 heavy (non-hydrogen) atoms. The first-order valence-electron chi connectivity index (χ1n) is 5.38. The van der Waals surface area contributed by atoms with Gasteiger partial charge in [0, 0.05) is 12.6 Å². The van der Waals surface area contributed by atoms with Gasteiger partial charge in [-0.3, -0.25) is 4.79 Å². The Morgan fingerprint density at radius 2 is 1.92 bits per heavy atom. The summed E-state index contributed by atoms with van der Waals surface area (Å²) in [4.78, 5) is 21.6. The SMILES string of the molecule is [2H]c1c([2H])c(C(=O)O)c([2H])c([2H])c1NC(C)=O. The summed E-state index contributed by atoms with van der Waals surface area (Å²) in [5.74, 6) is -2.11. The van der Waals surface area contributed by atoms with Gasteiger partial charge in [0.15, 0.2) is 0 Å². The van der Waals surface area contributed by atoms with Crippen LogP contribution in [0.15, 0.2) is 24.2 Å². The topological polar surface area (TPSA) is 66.4 Å². The highest BCUT2D eigenvalue weighted by atomic mass is 16.4.